The van der Waals surface area contributed by atoms with Crippen molar-refractivity contribution in [2.24, 2.45) is 5.73 Å². The van der Waals surface area contributed by atoms with Crippen LogP contribution in [0.3, 0.4) is 0 Å². The normalized spacial score (nSPS) is 12.2. The van der Waals surface area contributed by atoms with E-state index in [2.05, 4.69) is 26.3 Å². The number of hydrogen-bond donors (Lipinski definition) is 2. The fraction of sp³-hybridized carbons (Fsp3) is 0.286. The molecule has 0 saturated carbocycles. The summed E-state index contributed by atoms with van der Waals surface area (Å²) in [6.45, 7) is 2.48. The van der Waals surface area contributed by atoms with Gasteiger partial charge in [0.2, 0.25) is 0 Å². The number of nitrogens with two attached hydrogens (primary N) is 1. The highest BCUT2D eigenvalue weighted by Crippen LogP contribution is 2.14. The molecule has 0 bridgehead atoms. The summed E-state index contributed by atoms with van der Waals surface area (Å²) in [6, 6.07) is 7.79. The van der Waals surface area contributed by atoms with Crippen LogP contribution in [0.5, 0.6) is 0 Å². The second-order valence-corrected chi connectivity index (χ2v) is 5.59. The summed E-state index contributed by atoms with van der Waals surface area (Å²) in [4.78, 5) is 11.9. The van der Waals surface area contributed by atoms with Crippen LogP contribution in [0.15, 0.2) is 41.1 Å². The molecule has 6 heteroatoms. The molecule has 1 aromatic heterocycles. The van der Waals surface area contributed by atoms with Gasteiger partial charge in [0.25, 0.3) is 5.91 Å². The lowest BCUT2D eigenvalue weighted by molar-refractivity contribution is 0.0953. The average molecular weight is 337 g/mol. The number of nitrogens with zero attached hydrogens (tertiary/aromatic N) is 2. The molecule has 0 radical (unpaired) electrons. The number of nitrogens with one attached hydrogen (secondary N) is 1. The molecule has 1 unspecified atom stereocenters. The van der Waals surface area contributed by atoms with E-state index < -0.39 is 0 Å². The number of hydrogen-bond acceptors (Lipinski definition) is 3. The number of aromatic nitrogens is 2. The smallest absolute Gasteiger partial charge is 0.254 e. The van der Waals surface area contributed by atoms with Crippen molar-refractivity contribution in [3.63, 3.8) is 0 Å². The van der Waals surface area contributed by atoms with Crippen molar-refractivity contribution in [3.05, 3.63) is 46.7 Å². The van der Waals surface area contributed by atoms with Gasteiger partial charge in [-0.3, -0.25) is 4.79 Å². The van der Waals surface area contributed by atoms with Crippen LogP contribution in [-0.4, -0.2) is 28.3 Å². The fourth-order valence-electron chi connectivity index (χ4n) is 1.69. The van der Waals surface area contributed by atoms with Gasteiger partial charge in [-0.15, -0.1) is 0 Å². The molecule has 1 heterocycles. The maximum Gasteiger partial charge on any atom is 0.254 e. The maximum absolute atomic E-state index is 11.9. The van der Waals surface area contributed by atoms with Gasteiger partial charge in [-0.05, 0) is 37.6 Å². The topological polar surface area (TPSA) is 72.9 Å². The predicted molar refractivity (Wildman–Crippen MR) is 81.9 cm³/mol. The molecule has 0 fully saturated rings. The van der Waals surface area contributed by atoms with Crippen molar-refractivity contribution in [1.82, 2.24) is 15.1 Å². The maximum atomic E-state index is 11.9. The van der Waals surface area contributed by atoms with Gasteiger partial charge in [0.05, 0.1) is 17.4 Å². The molecule has 0 spiro atoms. The van der Waals surface area contributed by atoms with E-state index in [1.54, 1.807) is 17.1 Å². The van der Waals surface area contributed by atoms with Gasteiger partial charge in [-0.2, -0.15) is 5.10 Å². The Kier molecular flexibility index (Phi) is 4.92. The standard InChI is InChI=1S/C14H17BrN4O/c1-10(16)6-7-17-14(20)11-8-18-19(9-11)13-4-2-12(15)3-5-13/h2-5,8-10H,6-7,16H2,1H3,(H,17,20). The summed E-state index contributed by atoms with van der Waals surface area (Å²) >= 11 is 3.38. The molecule has 0 aliphatic heterocycles. The van der Waals surface area contributed by atoms with Crippen molar-refractivity contribution in [3.8, 4) is 5.69 Å². The Morgan fingerprint density at radius 1 is 1.45 bits per heavy atom. The van der Waals surface area contributed by atoms with E-state index in [1.807, 2.05) is 31.2 Å². The molecule has 5 nitrogen and oxygen atoms in total. The summed E-state index contributed by atoms with van der Waals surface area (Å²) in [5.41, 5.74) is 7.08. The van der Waals surface area contributed by atoms with E-state index in [4.69, 9.17) is 5.73 Å². The first-order chi connectivity index (χ1) is 9.56. The van der Waals surface area contributed by atoms with Gasteiger partial charge in [-0.1, -0.05) is 15.9 Å². The summed E-state index contributed by atoms with van der Waals surface area (Å²) in [6.07, 6.45) is 4.03. The number of carbonyl (C=O) groups excluding carboxylic acids is 1. The van der Waals surface area contributed by atoms with Gasteiger partial charge in [0, 0.05) is 23.3 Å². The first-order valence-electron chi connectivity index (χ1n) is 6.40. The van der Waals surface area contributed by atoms with Crippen molar-refractivity contribution in [1.29, 1.82) is 0 Å². The van der Waals surface area contributed by atoms with Crippen molar-refractivity contribution >= 4 is 21.8 Å². The van der Waals surface area contributed by atoms with Gasteiger partial charge >= 0.3 is 0 Å². The molecule has 1 atom stereocenters. The number of rotatable bonds is 5. The Bertz CT molecular complexity index is 577. The van der Waals surface area contributed by atoms with E-state index in [1.165, 1.54) is 0 Å². The fourth-order valence-corrected chi connectivity index (χ4v) is 1.95. The average Bonchev–Trinajstić information content (AvgIpc) is 2.88. The van der Waals surface area contributed by atoms with Crippen LogP contribution in [0.1, 0.15) is 23.7 Å². The number of halogens is 1. The van der Waals surface area contributed by atoms with Gasteiger partial charge in [0.15, 0.2) is 0 Å². The molecule has 0 saturated heterocycles. The lowest BCUT2D eigenvalue weighted by Crippen LogP contribution is -2.28. The second-order valence-electron chi connectivity index (χ2n) is 4.67. The Hall–Kier alpha value is -1.66. The summed E-state index contributed by atoms with van der Waals surface area (Å²) in [5.74, 6) is -0.131. The first-order valence-corrected chi connectivity index (χ1v) is 7.20. The molecule has 0 aliphatic rings. The van der Waals surface area contributed by atoms with Gasteiger partial charge in [0.1, 0.15) is 0 Å². The lowest BCUT2D eigenvalue weighted by atomic mass is 10.2. The number of carbonyl (C=O) groups is 1. The van der Waals surface area contributed by atoms with Crippen LogP contribution in [-0.2, 0) is 0 Å². The minimum absolute atomic E-state index is 0.0841. The summed E-state index contributed by atoms with van der Waals surface area (Å²) < 4.78 is 2.68. The molecule has 0 aliphatic carbocycles. The Labute approximate surface area is 126 Å². The molecule has 3 N–H and O–H groups in total. The monoisotopic (exact) mass is 336 g/mol. The predicted octanol–water partition coefficient (Wildman–Crippen LogP) is 2.10. The highest BCUT2D eigenvalue weighted by Gasteiger charge is 2.09. The van der Waals surface area contributed by atoms with E-state index >= 15 is 0 Å². The number of amides is 1. The molecule has 1 amide bonds. The molecular formula is C14H17BrN4O. The lowest BCUT2D eigenvalue weighted by Gasteiger charge is -2.05. The Balaban J connectivity index is 2.01. The molecule has 106 valence electrons. The van der Waals surface area contributed by atoms with Crippen LogP contribution in [0, 0.1) is 0 Å². The highest BCUT2D eigenvalue weighted by molar-refractivity contribution is 9.10. The summed E-state index contributed by atoms with van der Waals surface area (Å²) in [5, 5.41) is 7.02. The SMILES string of the molecule is CC(N)CCNC(=O)c1cnn(-c2ccc(Br)cc2)c1. The number of benzene rings is 1. The second kappa shape index (κ2) is 6.67. The van der Waals surface area contributed by atoms with E-state index in [9.17, 15) is 4.79 Å². The van der Waals surface area contributed by atoms with E-state index in [-0.39, 0.29) is 11.9 Å². The van der Waals surface area contributed by atoms with Crippen LogP contribution in [0.25, 0.3) is 5.69 Å². The first kappa shape index (κ1) is 14.7. The van der Waals surface area contributed by atoms with E-state index in [0.29, 0.717) is 12.1 Å². The van der Waals surface area contributed by atoms with Crippen LogP contribution < -0.4 is 11.1 Å². The minimum atomic E-state index is -0.131. The largest absolute Gasteiger partial charge is 0.352 e. The zero-order valence-corrected chi connectivity index (χ0v) is 12.8. The third-order valence-electron chi connectivity index (χ3n) is 2.82. The van der Waals surface area contributed by atoms with Crippen LogP contribution >= 0.6 is 15.9 Å². The Morgan fingerprint density at radius 3 is 2.80 bits per heavy atom. The van der Waals surface area contributed by atoms with E-state index in [0.717, 1.165) is 16.6 Å². The van der Waals surface area contributed by atoms with Crippen molar-refractivity contribution in [2.45, 2.75) is 19.4 Å². The quantitative estimate of drug-likeness (QED) is 0.878. The molecular weight excluding hydrogens is 320 g/mol. The van der Waals surface area contributed by atoms with Gasteiger partial charge < -0.3 is 11.1 Å². The molecule has 2 rings (SSSR count). The molecule has 1 aromatic carbocycles. The third-order valence-corrected chi connectivity index (χ3v) is 3.35. The van der Waals surface area contributed by atoms with Crippen molar-refractivity contribution in [2.75, 3.05) is 6.54 Å². The Morgan fingerprint density at radius 2 is 2.15 bits per heavy atom. The zero-order valence-electron chi connectivity index (χ0n) is 11.2. The van der Waals surface area contributed by atoms with Crippen LogP contribution in [0.2, 0.25) is 0 Å². The minimum Gasteiger partial charge on any atom is -0.352 e. The molecule has 2 aromatic rings. The zero-order chi connectivity index (χ0) is 14.5. The molecule has 20 heavy (non-hydrogen) atoms. The van der Waals surface area contributed by atoms with Crippen molar-refractivity contribution < 1.29 is 4.79 Å². The summed E-state index contributed by atoms with van der Waals surface area (Å²) in [7, 11) is 0. The third kappa shape index (κ3) is 3.91. The highest BCUT2D eigenvalue weighted by atomic mass is 79.9. The van der Waals surface area contributed by atoms with Crippen LogP contribution in [0.4, 0.5) is 0 Å². The van der Waals surface area contributed by atoms with Gasteiger partial charge in [-0.25, -0.2) is 4.68 Å².